The second kappa shape index (κ2) is 13.1. The number of aliphatic imine (C=N–C) groups is 1. The van der Waals surface area contributed by atoms with Gasteiger partial charge in [-0.05, 0) is 85.3 Å². The fourth-order valence-corrected chi connectivity index (χ4v) is 5.33. The molecule has 10 heteroatoms. The Bertz CT molecular complexity index is 1520. The summed E-state index contributed by atoms with van der Waals surface area (Å²) < 4.78 is 12.1. The topological polar surface area (TPSA) is 88.4 Å². The molecule has 1 aliphatic heterocycles. The number of aromatic carboxylic acids is 1. The van der Waals surface area contributed by atoms with Crippen LogP contribution >= 0.6 is 35.0 Å². The van der Waals surface area contributed by atoms with Crippen LogP contribution in [0, 0.1) is 0 Å². The highest BCUT2D eigenvalue weighted by atomic mass is 35.5. The Labute approximate surface area is 246 Å². The zero-order chi connectivity index (χ0) is 28.8. The van der Waals surface area contributed by atoms with E-state index >= 15 is 0 Å². The number of nitrogens with zero attached hydrogens (tertiary/aromatic N) is 2. The van der Waals surface area contributed by atoms with Gasteiger partial charge in [0.05, 0.1) is 22.8 Å². The van der Waals surface area contributed by atoms with Crippen LogP contribution in [0.3, 0.4) is 0 Å². The van der Waals surface area contributed by atoms with E-state index in [9.17, 15) is 9.59 Å². The molecule has 1 aliphatic rings. The lowest BCUT2D eigenvalue weighted by Crippen LogP contribution is -2.23. The standard InChI is InChI=1S/C30H26Cl2N2O5S/c1-4-6-20-13-18(14-25(38-5-2)27(20)39-17-21-7-10-22(31)16-24(21)32)15-26-28(35)34(3)30(40-26)33-23-11-8-19(9-12-23)29(36)37/h4,7-16H,1,5-6,17H2,2-3H3,(H,36,37)/b26-15+,33-30?. The summed E-state index contributed by atoms with van der Waals surface area (Å²) in [5.74, 6) is -0.106. The van der Waals surface area contributed by atoms with Gasteiger partial charge in [-0.3, -0.25) is 9.69 Å². The number of carbonyl (C=O) groups excluding carboxylic acids is 1. The van der Waals surface area contributed by atoms with Gasteiger partial charge in [0.2, 0.25) is 0 Å². The van der Waals surface area contributed by atoms with Crippen molar-refractivity contribution in [2.75, 3.05) is 13.7 Å². The Balaban J connectivity index is 1.64. The minimum Gasteiger partial charge on any atom is -0.490 e. The fourth-order valence-electron chi connectivity index (χ4n) is 3.88. The van der Waals surface area contributed by atoms with Crippen molar-refractivity contribution in [3.63, 3.8) is 0 Å². The Hall–Kier alpha value is -3.72. The number of amides is 1. The molecule has 0 aromatic heterocycles. The maximum absolute atomic E-state index is 13.0. The third kappa shape index (κ3) is 6.88. The van der Waals surface area contributed by atoms with Crippen LogP contribution in [-0.4, -0.2) is 40.7 Å². The molecule has 0 bridgehead atoms. The van der Waals surface area contributed by atoms with Crippen molar-refractivity contribution in [2.24, 2.45) is 4.99 Å². The predicted molar refractivity (Wildman–Crippen MR) is 161 cm³/mol. The van der Waals surface area contributed by atoms with Gasteiger partial charge in [-0.1, -0.05) is 35.3 Å². The minimum absolute atomic E-state index is 0.164. The van der Waals surface area contributed by atoms with Crippen LogP contribution in [0.5, 0.6) is 11.5 Å². The monoisotopic (exact) mass is 596 g/mol. The first kappa shape index (κ1) is 29.3. The molecule has 3 aromatic rings. The lowest BCUT2D eigenvalue weighted by molar-refractivity contribution is -0.121. The summed E-state index contributed by atoms with van der Waals surface area (Å²) in [6.07, 6.45) is 4.07. The number of carboxylic acid groups (broad SMARTS) is 1. The number of hydrogen-bond acceptors (Lipinski definition) is 6. The minimum atomic E-state index is -1.01. The van der Waals surface area contributed by atoms with Crippen LogP contribution < -0.4 is 9.47 Å². The summed E-state index contributed by atoms with van der Waals surface area (Å²) in [6.45, 7) is 6.39. The summed E-state index contributed by atoms with van der Waals surface area (Å²) in [6, 6.07) is 15.1. The van der Waals surface area contributed by atoms with Crippen molar-refractivity contribution in [2.45, 2.75) is 20.0 Å². The zero-order valence-corrected chi connectivity index (χ0v) is 24.1. The van der Waals surface area contributed by atoms with Gasteiger partial charge in [-0.15, -0.1) is 6.58 Å². The van der Waals surface area contributed by atoms with Gasteiger partial charge in [0.25, 0.3) is 5.91 Å². The number of likely N-dealkylation sites (N-methyl/N-ethyl adjacent to an activating group) is 1. The summed E-state index contributed by atoms with van der Waals surface area (Å²) in [5.41, 5.74) is 3.09. The summed E-state index contributed by atoms with van der Waals surface area (Å²) in [4.78, 5) is 30.6. The maximum atomic E-state index is 13.0. The number of hydrogen-bond donors (Lipinski definition) is 1. The van der Waals surface area contributed by atoms with Gasteiger partial charge in [-0.25, -0.2) is 9.79 Å². The molecule has 0 atom stereocenters. The average Bonchev–Trinajstić information content (AvgIpc) is 3.17. The Morgan fingerprint density at radius 3 is 2.50 bits per heavy atom. The molecule has 1 saturated heterocycles. The third-order valence-corrected chi connectivity index (χ3v) is 7.49. The molecule has 0 aliphatic carbocycles. The van der Waals surface area contributed by atoms with Crippen LogP contribution in [0.2, 0.25) is 10.0 Å². The van der Waals surface area contributed by atoms with Crippen molar-refractivity contribution in [3.05, 3.63) is 104 Å². The molecule has 1 N–H and O–H groups in total. The first-order valence-electron chi connectivity index (χ1n) is 12.3. The van der Waals surface area contributed by atoms with E-state index in [1.54, 1.807) is 43.5 Å². The smallest absolute Gasteiger partial charge is 0.335 e. The summed E-state index contributed by atoms with van der Waals surface area (Å²) in [7, 11) is 1.65. The fraction of sp³-hybridized carbons (Fsp3) is 0.167. The van der Waals surface area contributed by atoms with Crippen LogP contribution in [0.4, 0.5) is 5.69 Å². The highest BCUT2D eigenvalue weighted by Crippen LogP contribution is 2.38. The van der Waals surface area contributed by atoms with E-state index in [1.165, 1.54) is 28.8 Å². The summed E-state index contributed by atoms with van der Waals surface area (Å²) >= 11 is 13.6. The second-order valence-corrected chi connectivity index (χ2v) is 10.5. The van der Waals surface area contributed by atoms with E-state index in [4.69, 9.17) is 37.8 Å². The second-order valence-electron chi connectivity index (χ2n) is 8.68. The van der Waals surface area contributed by atoms with E-state index in [1.807, 2.05) is 25.1 Å². The molecule has 1 amide bonds. The highest BCUT2D eigenvalue weighted by molar-refractivity contribution is 8.18. The van der Waals surface area contributed by atoms with Crippen LogP contribution in [-0.2, 0) is 17.8 Å². The van der Waals surface area contributed by atoms with E-state index in [-0.39, 0.29) is 18.1 Å². The molecule has 206 valence electrons. The molecule has 40 heavy (non-hydrogen) atoms. The van der Waals surface area contributed by atoms with Crippen molar-refractivity contribution < 1.29 is 24.2 Å². The number of allylic oxidation sites excluding steroid dienone is 1. The molecule has 0 saturated carbocycles. The first-order valence-corrected chi connectivity index (χ1v) is 13.8. The van der Waals surface area contributed by atoms with E-state index in [0.29, 0.717) is 50.3 Å². The van der Waals surface area contributed by atoms with Gasteiger partial charge < -0.3 is 14.6 Å². The molecule has 1 fully saturated rings. The van der Waals surface area contributed by atoms with E-state index < -0.39 is 5.97 Å². The number of rotatable bonds is 10. The number of amidine groups is 1. The highest BCUT2D eigenvalue weighted by Gasteiger charge is 2.30. The lowest BCUT2D eigenvalue weighted by atomic mass is 10.0. The molecule has 7 nitrogen and oxygen atoms in total. The van der Waals surface area contributed by atoms with Crippen LogP contribution in [0.1, 0.15) is 34.0 Å². The zero-order valence-electron chi connectivity index (χ0n) is 21.8. The van der Waals surface area contributed by atoms with Crippen molar-refractivity contribution in [3.8, 4) is 11.5 Å². The molecular weight excluding hydrogens is 571 g/mol. The molecule has 0 radical (unpaired) electrons. The van der Waals surface area contributed by atoms with Crippen molar-refractivity contribution >= 4 is 63.8 Å². The average molecular weight is 598 g/mol. The number of halogens is 2. The Kier molecular flexibility index (Phi) is 9.58. The van der Waals surface area contributed by atoms with Gasteiger partial charge in [0.15, 0.2) is 16.7 Å². The third-order valence-electron chi connectivity index (χ3n) is 5.85. The Morgan fingerprint density at radius 2 is 1.85 bits per heavy atom. The lowest BCUT2D eigenvalue weighted by Gasteiger charge is -2.17. The van der Waals surface area contributed by atoms with Gasteiger partial charge in [0, 0.05) is 28.2 Å². The van der Waals surface area contributed by atoms with E-state index in [2.05, 4.69) is 11.6 Å². The largest absolute Gasteiger partial charge is 0.490 e. The van der Waals surface area contributed by atoms with Gasteiger partial charge >= 0.3 is 5.97 Å². The molecule has 3 aromatic carbocycles. The number of thioether (sulfide) groups is 1. The maximum Gasteiger partial charge on any atom is 0.335 e. The number of ether oxygens (including phenoxy) is 2. The molecule has 0 unspecified atom stereocenters. The van der Waals surface area contributed by atoms with Crippen LogP contribution in [0.15, 0.2) is 77.1 Å². The quantitative estimate of drug-likeness (QED) is 0.191. The number of benzene rings is 3. The van der Waals surface area contributed by atoms with Gasteiger partial charge in [-0.2, -0.15) is 0 Å². The number of carbonyl (C=O) groups is 2. The molecular formula is C30H26Cl2N2O5S. The van der Waals surface area contributed by atoms with Crippen LogP contribution in [0.25, 0.3) is 6.08 Å². The molecule has 0 spiro atoms. The van der Waals surface area contributed by atoms with E-state index in [0.717, 1.165) is 16.7 Å². The van der Waals surface area contributed by atoms with Gasteiger partial charge in [0.1, 0.15) is 6.61 Å². The predicted octanol–water partition coefficient (Wildman–Crippen LogP) is 7.63. The Morgan fingerprint density at radius 1 is 1.10 bits per heavy atom. The number of carboxylic acids is 1. The first-order chi connectivity index (χ1) is 19.2. The normalized spacial score (nSPS) is 15.1. The van der Waals surface area contributed by atoms with Crippen molar-refractivity contribution in [1.82, 2.24) is 4.90 Å². The summed E-state index contributed by atoms with van der Waals surface area (Å²) in [5, 5.41) is 10.6. The molecule has 1 heterocycles. The SMILES string of the molecule is C=CCc1cc(/C=C2/SC(=Nc3ccc(C(=O)O)cc3)N(C)C2=O)cc(OCC)c1OCc1ccc(Cl)cc1Cl. The molecule has 4 rings (SSSR count). The van der Waals surface area contributed by atoms with Crippen molar-refractivity contribution in [1.29, 1.82) is 0 Å².